The Morgan fingerprint density at radius 1 is 1.09 bits per heavy atom. The van der Waals surface area contributed by atoms with Gasteiger partial charge in [0, 0.05) is 19.2 Å². The molecule has 132 valence electrons. The molecule has 0 N–H and O–H groups in total. The van der Waals surface area contributed by atoms with Crippen LogP contribution < -0.4 is 0 Å². The molecule has 0 bridgehead atoms. The fraction of sp³-hybridized carbons (Fsp3) is 0.944. The average Bonchev–Trinajstić information content (AvgIpc) is 2.47. The van der Waals surface area contributed by atoms with E-state index in [9.17, 15) is 4.79 Å². The van der Waals surface area contributed by atoms with E-state index in [0.29, 0.717) is 13.2 Å². The Hall–Kier alpha value is -0.610. The Bertz CT molecular complexity index is 313. The fourth-order valence-electron chi connectivity index (χ4n) is 2.37. The first-order chi connectivity index (χ1) is 10.2. The third kappa shape index (κ3) is 8.14. The number of rotatable bonds is 12. The Balaban J connectivity index is 4.79. The van der Waals surface area contributed by atoms with Gasteiger partial charge in [-0.15, -0.1) is 0 Å². The summed E-state index contributed by atoms with van der Waals surface area (Å²) in [5.74, 6) is 0.0764. The summed E-state index contributed by atoms with van der Waals surface area (Å²) in [7, 11) is 1.63. The summed E-state index contributed by atoms with van der Waals surface area (Å²) in [5, 5.41) is 0. The van der Waals surface area contributed by atoms with Crippen LogP contribution in [0, 0.1) is 5.41 Å². The molecule has 0 saturated carbocycles. The smallest absolute Gasteiger partial charge is 0.249 e. The predicted octanol–water partition coefficient (Wildman–Crippen LogP) is 3.88. The molecule has 0 saturated heterocycles. The van der Waals surface area contributed by atoms with Crippen LogP contribution in [0.25, 0.3) is 0 Å². The van der Waals surface area contributed by atoms with Gasteiger partial charge in [-0.1, -0.05) is 40.5 Å². The summed E-state index contributed by atoms with van der Waals surface area (Å²) in [6, 6.07) is 0. The van der Waals surface area contributed by atoms with Crippen molar-refractivity contribution in [1.29, 1.82) is 0 Å². The van der Waals surface area contributed by atoms with Crippen LogP contribution >= 0.6 is 0 Å². The van der Waals surface area contributed by atoms with Gasteiger partial charge in [0.1, 0.15) is 6.61 Å². The Labute approximate surface area is 137 Å². The Kier molecular flexibility index (Phi) is 9.94. The summed E-state index contributed by atoms with van der Waals surface area (Å²) in [4.78, 5) is 14.6. The number of unbranched alkanes of at least 4 members (excludes halogenated alkanes) is 1. The van der Waals surface area contributed by atoms with Crippen molar-refractivity contribution in [2.45, 2.75) is 72.8 Å². The largest absolute Gasteiger partial charge is 0.382 e. The number of ether oxygens (including phenoxy) is 2. The fourth-order valence-corrected chi connectivity index (χ4v) is 2.37. The van der Waals surface area contributed by atoms with Crippen LogP contribution in [0.2, 0.25) is 0 Å². The van der Waals surface area contributed by atoms with Crippen molar-refractivity contribution in [1.82, 2.24) is 4.90 Å². The van der Waals surface area contributed by atoms with Crippen LogP contribution in [-0.2, 0) is 14.3 Å². The number of carbonyl (C=O) groups is 1. The molecular weight excluding hydrogens is 278 g/mol. The first-order valence-corrected chi connectivity index (χ1v) is 8.57. The molecule has 0 aromatic rings. The average molecular weight is 315 g/mol. The van der Waals surface area contributed by atoms with Crippen molar-refractivity contribution in [3.05, 3.63) is 0 Å². The molecule has 0 aromatic carbocycles. The molecule has 22 heavy (non-hydrogen) atoms. The maximum atomic E-state index is 12.6. The van der Waals surface area contributed by atoms with Crippen LogP contribution in [-0.4, -0.2) is 49.8 Å². The van der Waals surface area contributed by atoms with Crippen molar-refractivity contribution >= 4 is 5.91 Å². The molecule has 1 amide bonds. The van der Waals surface area contributed by atoms with Crippen LogP contribution in [0.15, 0.2) is 0 Å². The molecule has 4 heteroatoms. The van der Waals surface area contributed by atoms with Crippen LogP contribution in [0.4, 0.5) is 0 Å². The summed E-state index contributed by atoms with van der Waals surface area (Å²) >= 11 is 0. The van der Waals surface area contributed by atoms with Crippen molar-refractivity contribution in [2.24, 2.45) is 5.41 Å². The maximum absolute atomic E-state index is 12.6. The van der Waals surface area contributed by atoms with E-state index in [4.69, 9.17) is 9.47 Å². The molecule has 0 radical (unpaired) electrons. The SMILES string of the molecule is CCCCC(C)(C)CN(C(=O)COCCOC)C(C)(C)CC. The van der Waals surface area contributed by atoms with Crippen LogP contribution in [0.5, 0.6) is 0 Å². The van der Waals surface area contributed by atoms with Gasteiger partial charge < -0.3 is 14.4 Å². The number of carbonyl (C=O) groups excluding carboxylic acids is 1. The van der Waals surface area contributed by atoms with Gasteiger partial charge in [0.25, 0.3) is 0 Å². The van der Waals surface area contributed by atoms with E-state index >= 15 is 0 Å². The minimum Gasteiger partial charge on any atom is -0.382 e. The lowest BCUT2D eigenvalue weighted by molar-refractivity contribution is -0.144. The maximum Gasteiger partial charge on any atom is 0.249 e. The highest BCUT2D eigenvalue weighted by molar-refractivity contribution is 5.78. The second-order valence-electron chi connectivity index (χ2n) is 7.46. The molecule has 0 rings (SSSR count). The zero-order valence-electron chi connectivity index (χ0n) is 15.8. The normalized spacial score (nSPS) is 12.5. The number of hydrogen-bond donors (Lipinski definition) is 0. The predicted molar refractivity (Wildman–Crippen MR) is 92.1 cm³/mol. The summed E-state index contributed by atoms with van der Waals surface area (Å²) in [5.41, 5.74) is -0.0180. The van der Waals surface area contributed by atoms with Crippen molar-refractivity contribution < 1.29 is 14.3 Å². The van der Waals surface area contributed by atoms with Gasteiger partial charge in [0.2, 0.25) is 5.91 Å². The molecule has 0 aromatic heterocycles. The molecule has 0 aliphatic rings. The topological polar surface area (TPSA) is 38.8 Å². The van der Waals surface area contributed by atoms with Gasteiger partial charge in [-0.2, -0.15) is 0 Å². The lowest BCUT2D eigenvalue weighted by Crippen LogP contribution is -2.52. The number of hydrogen-bond acceptors (Lipinski definition) is 3. The molecule has 0 aliphatic heterocycles. The first-order valence-electron chi connectivity index (χ1n) is 8.57. The highest BCUT2D eigenvalue weighted by Gasteiger charge is 2.33. The second kappa shape index (κ2) is 10.2. The van der Waals surface area contributed by atoms with Crippen LogP contribution in [0.3, 0.4) is 0 Å². The molecule has 0 unspecified atom stereocenters. The van der Waals surface area contributed by atoms with E-state index < -0.39 is 0 Å². The highest BCUT2D eigenvalue weighted by atomic mass is 16.5. The third-order valence-corrected chi connectivity index (χ3v) is 4.35. The lowest BCUT2D eigenvalue weighted by atomic mass is 9.84. The van der Waals surface area contributed by atoms with E-state index in [2.05, 4.69) is 41.5 Å². The lowest BCUT2D eigenvalue weighted by Gasteiger charge is -2.43. The number of nitrogens with zero attached hydrogens (tertiary/aromatic N) is 1. The quantitative estimate of drug-likeness (QED) is 0.513. The zero-order valence-corrected chi connectivity index (χ0v) is 15.8. The van der Waals surface area contributed by atoms with Crippen molar-refractivity contribution in [2.75, 3.05) is 33.5 Å². The van der Waals surface area contributed by atoms with E-state index in [-0.39, 0.29) is 23.5 Å². The summed E-state index contributed by atoms with van der Waals surface area (Å²) < 4.78 is 10.4. The molecule has 0 spiro atoms. The standard InChI is InChI=1S/C18H37NO3/c1-8-10-11-17(3,4)15-19(18(5,6)9-2)16(20)14-22-13-12-21-7/h8-15H2,1-7H3. The highest BCUT2D eigenvalue weighted by Crippen LogP contribution is 2.29. The minimum atomic E-state index is -0.148. The van der Waals surface area contributed by atoms with E-state index in [1.165, 1.54) is 12.8 Å². The Morgan fingerprint density at radius 2 is 1.73 bits per heavy atom. The first kappa shape index (κ1) is 21.4. The van der Waals surface area contributed by atoms with Gasteiger partial charge in [-0.25, -0.2) is 0 Å². The van der Waals surface area contributed by atoms with Gasteiger partial charge in [0.05, 0.1) is 13.2 Å². The second-order valence-corrected chi connectivity index (χ2v) is 7.46. The molecule has 4 nitrogen and oxygen atoms in total. The van der Waals surface area contributed by atoms with Gasteiger partial charge in [0.15, 0.2) is 0 Å². The Morgan fingerprint density at radius 3 is 2.23 bits per heavy atom. The number of amides is 1. The number of methoxy groups -OCH3 is 1. The van der Waals surface area contributed by atoms with Crippen molar-refractivity contribution in [3.63, 3.8) is 0 Å². The monoisotopic (exact) mass is 315 g/mol. The van der Waals surface area contributed by atoms with E-state index in [1.807, 2.05) is 4.90 Å². The van der Waals surface area contributed by atoms with Gasteiger partial charge in [-0.3, -0.25) is 4.79 Å². The summed E-state index contributed by atoms with van der Waals surface area (Å²) in [6.07, 6.45) is 4.46. The molecule has 0 heterocycles. The third-order valence-electron chi connectivity index (χ3n) is 4.35. The molecule has 0 fully saturated rings. The van der Waals surface area contributed by atoms with Gasteiger partial charge >= 0.3 is 0 Å². The molecule has 0 atom stereocenters. The summed E-state index contributed by atoms with van der Waals surface area (Å²) in [6.45, 7) is 15.0. The molecular formula is C18H37NO3. The minimum absolute atomic E-state index is 0.0764. The zero-order chi connectivity index (χ0) is 17.2. The van der Waals surface area contributed by atoms with E-state index in [0.717, 1.165) is 19.4 Å². The van der Waals surface area contributed by atoms with Crippen LogP contribution in [0.1, 0.15) is 67.2 Å². The molecule has 0 aliphatic carbocycles. The van der Waals surface area contributed by atoms with Crippen molar-refractivity contribution in [3.8, 4) is 0 Å². The van der Waals surface area contributed by atoms with E-state index in [1.54, 1.807) is 7.11 Å². The van der Waals surface area contributed by atoms with Gasteiger partial charge in [-0.05, 0) is 32.1 Å².